The van der Waals surface area contributed by atoms with Crippen molar-refractivity contribution in [2.75, 3.05) is 39.5 Å². The summed E-state index contributed by atoms with van der Waals surface area (Å²) >= 11 is 0. The van der Waals surface area contributed by atoms with Crippen molar-refractivity contribution >= 4 is 10.9 Å². The van der Waals surface area contributed by atoms with Gasteiger partial charge in [-0.25, -0.2) is 0 Å². The second-order valence-corrected chi connectivity index (χ2v) is 5.55. The Balaban J connectivity index is 1.66. The molecule has 0 bridgehead atoms. The van der Waals surface area contributed by atoms with E-state index in [9.17, 15) is 0 Å². The van der Waals surface area contributed by atoms with Crippen LogP contribution in [0.3, 0.4) is 0 Å². The Morgan fingerprint density at radius 2 is 2.05 bits per heavy atom. The highest BCUT2D eigenvalue weighted by molar-refractivity contribution is 5.81. The van der Waals surface area contributed by atoms with Crippen LogP contribution in [-0.4, -0.2) is 49.2 Å². The van der Waals surface area contributed by atoms with Crippen LogP contribution in [0.25, 0.3) is 10.9 Å². The Hall–Kier alpha value is -1.43. The van der Waals surface area contributed by atoms with Gasteiger partial charge in [0.05, 0.1) is 37.6 Å². The first-order valence-electron chi connectivity index (χ1n) is 7.40. The number of nitrogens with one attached hydrogen (secondary N) is 1. The lowest BCUT2D eigenvalue weighted by Crippen LogP contribution is -3.14. The number of benzene rings is 1. The molecule has 0 saturated carbocycles. The van der Waals surface area contributed by atoms with Crippen LogP contribution >= 0.6 is 0 Å². The summed E-state index contributed by atoms with van der Waals surface area (Å²) in [5, 5.41) is 5.94. The maximum absolute atomic E-state index is 6.05. The number of hydrogen-bond donors (Lipinski definition) is 1. The highest BCUT2D eigenvalue weighted by atomic mass is 16.5. The van der Waals surface area contributed by atoms with Gasteiger partial charge in [0.25, 0.3) is 0 Å². The fourth-order valence-electron chi connectivity index (χ4n) is 3.25. The van der Waals surface area contributed by atoms with Crippen molar-refractivity contribution in [3.8, 4) is 0 Å². The molecule has 2 aliphatic heterocycles. The van der Waals surface area contributed by atoms with Crippen LogP contribution in [0.5, 0.6) is 0 Å². The van der Waals surface area contributed by atoms with Crippen LogP contribution in [0.15, 0.2) is 24.3 Å². The van der Waals surface area contributed by atoms with E-state index in [1.54, 1.807) is 4.90 Å². The van der Waals surface area contributed by atoms with Gasteiger partial charge in [-0.1, -0.05) is 18.2 Å². The maximum Gasteiger partial charge on any atom is 0.148 e. The number of morpholine rings is 1. The van der Waals surface area contributed by atoms with Crippen molar-refractivity contribution in [1.82, 2.24) is 9.78 Å². The van der Waals surface area contributed by atoms with E-state index in [4.69, 9.17) is 14.6 Å². The molecule has 3 heterocycles. The molecule has 1 fully saturated rings. The fourth-order valence-corrected chi connectivity index (χ4v) is 3.25. The zero-order valence-corrected chi connectivity index (χ0v) is 11.5. The lowest BCUT2D eigenvalue weighted by Gasteiger charge is -2.30. The quantitative estimate of drug-likeness (QED) is 0.839. The fraction of sp³-hybridized carbons (Fsp3) is 0.533. The predicted octanol–water partition coefficient (Wildman–Crippen LogP) is 0.0227. The summed E-state index contributed by atoms with van der Waals surface area (Å²) in [7, 11) is 0. The number of ether oxygens (including phenoxy) is 2. The zero-order chi connectivity index (χ0) is 13.4. The van der Waals surface area contributed by atoms with Crippen LogP contribution in [0.2, 0.25) is 0 Å². The van der Waals surface area contributed by atoms with Gasteiger partial charge in [-0.05, 0) is 6.07 Å². The molecule has 1 aromatic heterocycles. The summed E-state index contributed by atoms with van der Waals surface area (Å²) in [6.45, 7) is 6.51. The van der Waals surface area contributed by atoms with Gasteiger partial charge in [0.1, 0.15) is 25.7 Å². The minimum Gasteiger partial charge on any atom is -0.370 e. The van der Waals surface area contributed by atoms with Gasteiger partial charge in [0, 0.05) is 5.39 Å². The van der Waals surface area contributed by atoms with Gasteiger partial charge < -0.3 is 14.4 Å². The van der Waals surface area contributed by atoms with E-state index in [1.807, 2.05) is 6.07 Å². The highest BCUT2D eigenvalue weighted by Crippen LogP contribution is 2.28. The summed E-state index contributed by atoms with van der Waals surface area (Å²) in [6.07, 6.45) is 0.157. The minimum absolute atomic E-state index is 0.157. The number of hydrogen-bond acceptors (Lipinski definition) is 3. The topological polar surface area (TPSA) is 40.7 Å². The van der Waals surface area contributed by atoms with Crippen LogP contribution in [-0.2, 0) is 16.0 Å². The summed E-state index contributed by atoms with van der Waals surface area (Å²) in [5.74, 6) is 0. The highest BCUT2D eigenvalue weighted by Gasteiger charge is 2.29. The van der Waals surface area contributed by atoms with Crippen molar-refractivity contribution < 1.29 is 14.4 Å². The monoisotopic (exact) mass is 274 g/mol. The summed E-state index contributed by atoms with van der Waals surface area (Å²) in [5.41, 5.74) is 2.33. The number of quaternary nitrogens is 1. The standard InChI is InChI=1S/C15H19N3O2/c1-2-4-13-12(3-1)15-14(20-10-7-18(15)16-13)11-17-5-8-19-9-6-17/h1-4,14H,5-11H2/p+1. The third kappa shape index (κ3) is 2.12. The van der Waals surface area contributed by atoms with E-state index in [-0.39, 0.29) is 6.10 Å². The smallest absolute Gasteiger partial charge is 0.148 e. The van der Waals surface area contributed by atoms with Gasteiger partial charge in [-0.2, -0.15) is 5.10 Å². The molecule has 5 nitrogen and oxygen atoms in total. The van der Waals surface area contributed by atoms with Crippen molar-refractivity contribution in [3.05, 3.63) is 30.0 Å². The summed E-state index contributed by atoms with van der Waals surface area (Å²) in [6, 6.07) is 8.37. The molecule has 1 N–H and O–H groups in total. The van der Waals surface area contributed by atoms with Gasteiger partial charge >= 0.3 is 0 Å². The minimum atomic E-state index is 0.157. The molecular formula is C15H20N3O2+. The molecule has 106 valence electrons. The van der Waals surface area contributed by atoms with E-state index in [1.165, 1.54) is 11.1 Å². The lowest BCUT2D eigenvalue weighted by atomic mass is 10.1. The SMILES string of the molecule is c1ccc2c3n(nc2c1)CCOC3C[NH+]1CCOCC1. The first-order valence-corrected chi connectivity index (χ1v) is 7.40. The van der Waals surface area contributed by atoms with Crippen LogP contribution < -0.4 is 4.90 Å². The second-order valence-electron chi connectivity index (χ2n) is 5.55. The van der Waals surface area contributed by atoms with Gasteiger partial charge in [0.2, 0.25) is 0 Å². The molecule has 0 radical (unpaired) electrons. The average Bonchev–Trinajstić information content (AvgIpc) is 2.88. The van der Waals surface area contributed by atoms with E-state index in [0.29, 0.717) is 0 Å². The molecule has 2 aromatic rings. The van der Waals surface area contributed by atoms with Gasteiger partial charge in [-0.15, -0.1) is 0 Å². The third-order valence-corrected chi connectivity index (χ3v) is 4.29. The molecule has 1 saturated heterocycles. The molecule has 1 unspecified atom stereocenters. The molecule has 20 heavy (non-hydrogen) atoms. The molecular weight excluding hydrogens is 254 g/mol. The zero-order valence-electron chi connectivity index (χ0n) is 11.5. The van der Waals surface area contributed by atoms with Gasteiger partial charge in [-0.3, -0.25) is 4.68 Å². The molecule has 1 atom stereocenters. The third-order valence-electron chi connectivity index (χ3n) is 4.29. The van der Waals surface area contributed by atoms with E-state index in [0.717, 1.165) is 51.5 Å². The number of fused-ring (bicyclic) bond motifs is 3. The number of nitrogens with zero attached hydrogens (tertiary/aromatic N) is 2. The Labute approximate surface area is 118 Å². The van der Waals surface area contributed by atoms with Gasteiger partial charge in [0.15, 0.2) is 0 Å². The lowest BCUT2D eigenvalue weighted by molar-refractivity contribution is -0.912. The number of aromatic nitrogens is 2. The molecule has 0 spiro atoms. The molecule has 4 rings (SSSR count). The van der Waals surface area contributed by atoms with Crippen LogP contribution in [0, 0.1) is 0 Å². The van der Waals surface area contributed by atoms with E-state index >= 15 is 0 Å². The second kappa shape index (κ2) is 5.16. The van der Waals surface area contributed by atoms with E-state index < -0.39 is 0 Å². The van der Waals surface area contributed by atoms with Crippen molar-refractivity contribution in [2.45, 2.75) is 12.6 Å². The first-order chi connectivity index (χ1) is 9.92. The Kier molecular flexibility index (Phi) is 3.18. The van der Waals surface area contributed by atoms with Crippen molar-refractivity contribution in [2.24, 2.45) is 0 Å². The van der Waals surface area contributed by atoms with E-state index in [2.05, 4.69) is 22.9 Å². The predicted molar refractivity (Wildman–Crippen MR) is 74.8 cm³/mol. The number of rotatable bonds is 2. The molecule has 5 heteroatoms. The normalized spacial score (nSPS) is 23.9. The molecule has 2 aliphatic rings. The molecule has 1 aromatic carbocycles. The van der Waals surface area contributed by atoms with Crippen LogP contribution in [0.4, 0.5) is 0 Å². The summed E-state index contributed by atoms with van der Waals surface area (Å²) in [4.78, 5) is 1.57. The molecule has 0 aliphatic carbocycles. The Bertz CT molecular complexity index is 604. The molecule has 0 amide bonds. The largest absolute Gasteiger partial charge is 0.370 e. The Morgan fingerprint density at radius 3 is 2.95 bits per heavy atom. The van der Waals surface area contributed by atoms with Crippen molar-refractivity contribution in [3.63, 3.8) is 0 Å². The van der Waals surface area contributed by atoms with Crippen molar-refractivity contribution in [1.29, 1.82) is 0 Å². The van der Waals surface area contributed by atoms with Crippen LogP contribution in [0.1, 0.15) is 11.8 Å². The first kappa shape index (κ1) is 12.3. The average molecular weight is 274 g/mol. The summed E-state index contributed by atoms with van der Waals surface area (Å²) < 4.78 is 13.6. The maximum atomic E-state index is 6.05. The Morgan fingerprint density at radius 1 is 1.20 bits per heavy atom.